The van der Waals surface area contributed by atoms with Crippen molar-refractivity contribution in [1.82, 2.24) is 4.90 Å². The molecule has 1 amide bonds. The van der Waals surface area contributed by atoms with Crippen molar-refractivity contribution in [1.29, 1.82) is 0 Å². The van der Waals surface area contributed by atoms with Crippen molar-refractivity contribution in [2.45, 2.75) is 31.6 Å². The molecular formula is C22H25ClN2O. The minimum absolute atomic E-state index is 0.256. The molecule has 136 valence electrons. The van der Waals surface area contributed by atoms with E-state index in [1.54, 1.807) is 0 Å². The molecule has 0 unspecified atom stereocenters. The monoisotopic (exact) mass is 368 g/mol. The number of hydrogen-bond acceptors (Lipinski definition) is 2. The number of halogens is 1. The number of rotatable bonds is 6. The van der Waals surface area contributed by atoms with Crippen LogP contribution in [0.25, 0.3) is 0 Å². The Morgan fingerprint density at radius 1 is 1.12 bits per heavy atom. The molecule has 3 nitrogen and oxygen atoms in total. The Morgan fingerprint density at radius 3 is 2.50 bits per heavy atom. The van der Waals surface area contributed by atoms with Crippen LogP contribution in [0.15, 0.2) is 48.5 Å². The molecule has 0 radical (unpaired) electrons. The number of amides is 1. The second kappa shape index (κ2) is 6.71. The van der Waals surface area contributed by atoms with Gasteiger partial charge in [-0.3, -0.25) is 4.79 Å². The normalized spacial score (nSPS) is 23.8. The Bertz CT molecular complexity index is 815. The van der Waals surface area contributed by atoms with E-state index in [-0.39, 0.29) is 17.2 Å². The van der Waals surface area contributed by atoms with E-state index in [9.17, 15) is 4.79 Å². The van der Waals surface area contributed by atoms with Gasteiger partial charge in [0, 0.05) is 29.7 Å². The van der Waals surface area contributed by atoms with E-state index in [0.29, 0.717) is 0 Å². The van der Waals surface area contributed by atoms with Gasteiger partial charge in [0.25, 0.3) is 0 Å². The Morgan fingerprint density at radius 2 is 1.81 bits per heavy atom. The van der Waals surface area contributed by atoms with E-state index >= 15 is 0 Å². The summed E-state index contributed by atoms with van der Waals surface area (Å²) in [6, 6.07) is 16.3. The number of carbonyl (C=O) groups excluding carboxylic acids is 1. The molecule has 1 aliphatic heterocycles. The van der Waals surface area contributed by atoms with Crippen molar-refractivity contribution >= 4 is 23.2 Å². The van der Waals surface area contributed by atoms with E-state index < -0.39 is 0 Å². The van der Waals surface area contributed by atoms with Crippen LogP contribution >= 0.6 is 11.6 Å². The van der Waals surface area contributed by atoms with Crippen LogP contribution in [-0.4, -0.2) is 37.0 Å². The van der Waals surface area contributed by atoms with E-state index in [1.165, 1.54) is 11.1 Å². The molecule has 1 spiro atoms. The predicted molar refractivity (Wildman–Crippen MR) is 107 cm³/mol. The average Bonchev–Trinajstić information content (AvgIpc) is 3.37. The van der Waals surface area contributed by atoms with Gasteiger partial charge in [0.2, 0.25) is 5.91 Å². The van der Waals surface area contributed by atoms with Crippen LogP contribution in [-0.2, 0) is 10.2 Å². The van der Waals surface area contributed by atoms with Crippen LogP contribution in [0.4, 0.5) is 5.69 Å². The van der Waals surface area contributed by atoms with Gasteiger partial charge in [-0.05, 0) is 48.8 Å². The van der Waals surface area contributed by atoms with Crippen molar-refractivity contribution < 1.29 is 4.79 Å². The first-order chi connectivity index (χ1) is 12.6. The fourth-order valence-electron chi connectivity index (χ4n) is 4.45. The molecular weight excluding hydrogens is 344 g/mol. The minimum atomic E-state index is -0.367. The lowest BCUT2D eigenvalue weighted by Gasteiger charge is -2.24. The fraction of sp³-hybridized carbons (Fsp3) is 0.409. The molecule has 0 aromatic heterocycles. The largest absolute Gasteiger partial charge is 0.310 e. The Balaban J connectivity index is 1.63. The van der Waals surface area contributed by atoms with Crippen LogP contribution in [0.2, 0.25) is 5.02 Å². The Labute approximate surface area is 160 Å². The summed E-state index contributed by atoms with van der Waals surface area (Å²) in [6.07, 6.45) is 0.895. The molecule has 0 N–H and O–H groups in total. The van der Waals surface area contributed by atoms with Gasteiger partial charge in [-0.2, -0.15) is 0 Å². The number of carbonyl (C=O) groups is 1. The zero-order valence-electron chi connectivity index (χ0n) is 15.4. The van der Waals surface area contributed by atoms with Gasteiger partial charge in [-0.25, -0.2) is 0 Å². The lowest BCUT2D eigenvalue weighted by Crippen LogP contribution is -2.39. The first-order valence-corrected chi connectivity index (χ1v) is 9.89. The number of benzene rings is 2. The van der Waals surface area contributed by atoms with Crippen LogP contribution in [0.5, 0.6) is 0 Å². The molecule has 2 aliphatic rings. The van der Waals surface area contributed by atoms with E-state index in [0.717, 1.165) is 43.3 Å². The van der Waals surface area contributed by atoms with Crippen LogP contribution in [0, 0.1) is 0 Å². The molecule has 1 heterocycles. The van der Waals surface area contributed by atoms with Gasteiger partial charge >= 0.3 is 0 Å². The number of likely N-dealkylation sites (N-methyl/N-ethyl adjacent to an activating group) is 1. The quantitative estimate of drug-likeness (QED) is 0.751. The average molecular weight is 369 g/mol. The van der Waals surface area contributed by atoms with Gasteiger partial charge in [-0.15, -0.1) is 0 Å². The SMILES string of the molecule is CCN(CC)CCN1C(=O)[C@]2(C[C@@H]2c2ccc(Cl)cc2)c2ccccc21. The number of anilines is 1. The maximum absolute atomic E-state index is 13.5. The number of nitrogens with zero attached hydrogens (tertiary/aromatic N) is 2. The zero-order chi connectivity index (χ0) is 18.3. The summed E-state index contributed by atoms with van der Waals surface area (Å²) in [7, 11) is 0. The molecule has 0 saturated heterocycles. The highest BCUT2D eigenvalue weighted by Gasteiger charge is 2.66. The van der Waals surface area contributed by atoms with Crippen LogP contribution in [0.1, 0.15) is 37.3 Å². The maximum Gasteiger partial charge on any atom is 0.238 e. The number of para-hydroxylation sites is 1. The Hall–Kier alpha value is -1.84. The Kier molecular flexibility index (Phi) is 4.54. The van der Waals surface area contributed by atoms with Gasteiger partial charge < -0.3 is 9.80 Å². The molecule has 1 fully saturated rings. The third-order valence-corrected chi connectivity index (χ3v) is 6.32. The smallest absolute Gasteiger partial charge is 0.238 e. The standard InChI is InChI=1S/C22H25ClN2O/c1-3-24(4-2)13-14-25-20-8-6-5-7-18(20)22(21(25)26)15-19(22)16-9-11-17(23)12-10-16/h5-12,19H,3-4,13-15H2,1-2H3/t19-,22-/m1/s1. The molecule has 4 heteroatoms. The van der Waals surface area contributed by atoms with Gasteiger partial charge in [0.1, 0.15) is 0 Å². The summed E-state index contributed by atoms with van der Waals surface area (Å²) >= 11 is 6.04. The minimum Gasteiger partial charge on any atom is -0.310 e. The third-order valence-electron chi connectivity index (χ3n) is 6.07. The lowest BCUT2D eigenvalue weighted by molar-refractivity contribution is -0.120. The second-order valence-corrected chi connectivity index (χ2v) is 7.72. The van der Waals surface area contributed by atoms with Gasteiger partial charge in [0.15, 0.2) is 0 Å². The highest BCUT2D eigenvalue weighted by atomic mass is 35.5. The molecule has 2 atom stereocenters. The maximum atomic E-state index is 13.5. The van der Waals surface area contributed by atoms with E-state index in [2.05, 4.69) is 49.1 Å². The highest BCUT2D eigenvalue weighted by molar-refractivity contribution is 6.30. The van der Waals surface area contributed by atoms with E-state index in [1.807, 2.05) is 23.1 Å². The topological polar surface area (TPSA) is 23.6 Å². The first kappa shape index (κ1) is 17.6. The molecule has 2 aromatic carbocycles. The lowest BCUT2D eigenvalue weighted by atomic mass is 9.92. The third kappa shape index (κ3) is 2.65. The van der Waals surface area contributed by atoms with Crippen molar-refractivity contribution in [2.24, 2.45) is 0 Å². The summed E-state index contributed by atoms with van der Waals surface area (Å²) in [6.45, 7) is 8.03. The molecule has 1 saturated carbocycles. The molecule has 0 bridgehead atoms. The van der Waals surface area contributed by atoms with Gasteiger partial charge in [0.05, 0.1) is 5.41 Å². The summed E-state index contributed by atoms with van der Waals surface area (Å²) in [5.41, 5.74) is 3.14. The van der Waals surface area contributed by atoms with Crippen molar-refractivity contribution in [3.05, 3.63) is 64.7 Å². The van der Waals surface area contributed by atoms with Crippen LogP contribution in [0.3, 0.4) is 0 Å². The molecule has 4 rings (SSSR count). The molecule has 2 aromatic rings. The molecule has 1 aliphatic carbocycles. The van der Waals surface area contributed by atoms with Crippen molar-refractivity contribution in [2.75, 3.05) is 31.1 Å². The number of fused-ring (bicyclic) bond motifs is 2. The second-order valence-electron chi connectivity index (χ2n) is 7.28. The zero-order valence-corrected chi connectivity index (χ0v) is 16.2. The summed E-state index contributed by atoms with van der Waals surface area (Å²) < 4.78 is 0. The highest BCUT2D eigenvalue weighted by Crippen LogP contribution is 2.66. The first-order valence-electron chi connectivity index (χ1n) is 9.51. The number of hydrogen-bond donors (Lipinski definition) is 0. The molecule has 26 heavy (non-hydrogen) atoms. The van der Waals surface area contributed by atoms with Crippen molar-refractivity contribution in [3.63, 3.8) is 0 Å². The van der Waals surface area contributed by atoms with Crippen LogP contribution < -0.4 is 4.90 Å². The van der Waals surface area contributed by atoms with Crippen molar-refractivity contribution in [3.8, 4) is 0 Å². The summed E-state index contributed by atoms with van der Waals surface area (Å²) in [5, 5.41) is 0.738. The predicted octanol–water partition coefficient (Wildman–Crippen LogP) is 4.45. The summed E-state index contributed by atoms with van der Waals surface area (Å²) in [5.74, 6) is 0.526. The fourth-order valence-corrected chi connectivity index (χ4v) is 4.58. The van der Waals surface area contributed by atoms with E-state index in [4.69, 9.17) is 11.6 Å². The van der Waals surface area contributed by atoms with Gasteiger partial charge in [-0.1, -0.05) is 55.8 Å². The summed E-state index contributed by atoms with van der Waals surface area (Å²) in [4.78, 5) is 17.9.